The Morgan fingerprint density at radius 1 is 1.26 bits per heavy atom. The summed E-state index contributed by atoms with van der Waals surface area (Å²) in [5, 5.41) is 8.80. The van der Waals surface area contributed by atoms with E-state index < -0.39 is 0 Å². The van der Waals surface area contributed by atoms with Crippen LogP contribution in [0.15, 0.2) is 29.4 Å². The zero-order valence-corrected chi connectivity index (χ0v) is 13.6. The molecular weight excluding hydrogens is 319 g/mol. The number of hydrogen-bond donors (Lipinski definition) is 0. The number of aryl methyl sites for hydroxylation is 1. The van der Waals surface area contributed by atoms with Crippen molar-refractivity contribution in [1.29, 1.82) is 0 Å². The van der Waals surface area contributed by atoms with Gasteiger partial charge in [0.25, 0.3) is 0 Å². The first kappa shape index (κ1) is 15.9. The summed E-state index contributed by atoms with van der Waals surface area (Å²) in [6, 6.07) is 6.11. The summed E-state index contributed by atoms with van der Waals surface area (Å²) in [5.41, 5.74) is 0.773. The second-order valence-corrected chi connectivity index (χ2v) is 6.07. The number of carbonyl (C=O) groups excluding carboxylic acids is 1. The molecule has 1 saturated heterocycles. The van der Waals surface area contributed by atoms with Gasteiger partial charge >= 0.3 is 0 Å². The highest BCUT2D eigenvalue weighted by atomic mass is 32.2. The fourth-order valence-electron chi connectivity index (χ4n) is 2.35. The molecule has 0 bridgehead atoms. The van der Waals surface area contributed by atoms with Crippen LogP contribution in [-0.2, 0) is 9.53 Å². The molecule has 0 saturated carbocycles. The van der Waals surface area contributed by atoms with Crippen LogP contribution in [0.1, 0.15) is 5.82 Å². The fourth-order valence-corrected chi connectivity index (χ4v) is 3.25. The summed E-state index contributed by atoms with van der Waals surface area (Å²) >= 11 is 1.33. The van der Waals surface area contributed by atoms with Gasteiger partial charge in [0.15, 0.2) is 5.16 Å². The van der Waals surface area contributed by atoms with E-state index in [1.54, 1.807) is 17.0 Å². The van der Waals surface area contributed by atoms with Crippen LogP contribution in [-0.4, -0.2) is 57.6 Å². The first-order chi connectivity index (χ1) is 11.1. The van der Waals surface area contributed by atoms with Gasteiger partial charge in [0, 0.05) is 18.8 Å². The zero-order chi connectivity index (χ0) is 16.2. The third-order valence-corrected chi connectivity index (χ3v) is 4.48. The standard InChI is InChI=1S/C15H17FN4O2S/c1-11-17-18-15(20(11)13-4-2-12(16)3-5-13)23-10-14(21)19-6-8-22-9-7-19/h2-5H,6-10H2,1H3. The van der Waals surface area contributed by atoms with Crippen LogP contribution in [0.5, 0.6) is 0 Å². The quantitative estimate of drug-likeness (QED) is 0.795. The van der Waals surface area contributed by atoms with E-state index >= 15 is 0 Å². The lowest BCUT2D eigenvalue weighted by Gasteiger charge is -2.26. The highest BCUT2D eigenvalue weighted by Gasteiger charge is 2.19. The van der Waals surface area contributed by atoms with Gasteiger partial charge in [0.1, 0.15) is 11.6 Å². The van der Waals surface area contributed by atoms with E-state index in [4.69, 9.17) is 4.74 Å². The zero-order valence-electron chi connectivity index (χ0n) is 12.7. The van der Waals surface area contributed by atoms with Gasteiger partial charge in [-0.15, -0.1) is 10.2 Å². The molecule has 0 unspecified atom stereocenters. The number of hydrogen-bond acceptors (Lipinski definition) is 5. The number of ether oxygens (including phenoxy) is 1. The summed E-state index contributed by atoms with van der Waals surface area (Å²) < 4.78 is 20.1. The molecule has 1 aromatic carbocycles. The average Bonchev–Trinajstić information content (AvgIpc) is 2.95. The van der Waals surface area contributed by atoms with Crippen LogP contribution in [0.2, 0.25) is 0 Å². The number of halogens is 1. The second kappa shape index (κ2) is 7.10. The molecule has 8 heteroatoms. The van der Waals surface area contributed by atoms with Crippen molar-refractivity contribution in [2.24, 2.45) is 0 Å². The van der Waals surface area contributed by atoms with Gasteiger partial charge in [0.05, 0.1) is 19.0 Å². The van der Waals surface area contributed by atoms with Gasteiger partial charge < -0.3 is 9.64 Å². The van der Waals surface area contributed by atoms with Gasteiger partial charge in [-0.25, -0.2) is 4.39 Å². The van der Waals surface area contributed by atoms with E-state index in [1.165, 1.54) is 23.9 Å². The van der Waals surface area contributed by atoms with Crippen LogP contribution in [0.4, 0.5) is 4.39 Å². The summed E-state index contributed by atoms with van der Waals surface area (Å²) in [5.74, 6) is 0.748. The Morgan fingerprint density at radius 2 is 1.96 bits per heavy atom. The predicted octanol–water partition coefficient (Wildman–Crippen LogP) is 1.67. The molecule has 2 aromatic rings. The molecule has 0 atom stereocenters. The second-order valence-electron chi connectivity index (χ2n) is 5.12. The molecule has 3 rings (SSSR count). The molecule has 0 spiro atoms. The molecule has 1 aliphatic rings. The van der Waals surface area contributed by atoms with Crippen molar-refractivity contribution in [2.45, 2.75) is 12.1 Å². The van der Waals surface area contributed by atoms with E-state index in [-0.39, 0.29) is 11.7 Å². The number of amides is 1. The van der Waals surface area contributed by atoms with E-state index in [2.05, 4.69) is 10.2 Å². The van der Waals surface area contributed by atoms with E-state index in [0.717, 1.165) is 5.69 Å². The normalized spacial score (nSPS) is 15.0. The van der Waals surface area contributed by atoms with Crippen molar-refractivity contribution < 1.29 is 13.9 Å². The molecule has 1 amide bonds. The maximum Gasteiger partial charge on any atom is 0.233 e. The minimum Gasteiger partial charge on any atom is -0.378 e. The largest absolute Gasteiger partial charge is 0.378 e. The first-order valence-corrected chi connectivity index (χ1v) is 8.30. The topological polar surface area (TPSA) is 60.3 Å². The molecule has 0 N–H and O–H groups in total. The Labute approximate surface area is 137 Å². The number of morpholine rings is 1. The van der Waals surface area contributed by atoms with E-state index in [0.29, 0.717) is 43.0 Å². The Kier molecular flexibility index (Phi) is 4.92. The number of nitrogens with zero attached hydrogens (tertiary/aromatic N) is 4. The van der Waals surface area contributed by atoms with Crippen LogP contribution < -0.4 is 0 Å². The summed E-state index contributed by atoms with van der Waals surface area (Å²) in [6.07, 6.45) is 0. The summed E-state index contributed by atoms with van der Waals surface area (Å²) in [7, 11) is 0. The first-order valence-electron chi connectivity index (χ1n) is 7.31. The smallest absolute Gasteiger partial charge is 0.233 e. The molecule has 122 valence electrons. The minimum atomic E-state index is -0.295. The number of benzene rings is 1. The lowest BCUT2D eigenvalue weighted by molar-refractivity contribution is -0.132. The van der Waals surface area contributed by atoms with E-state index in [9.17, 15) is 9.18 Å². The van der Waals surface area contributed by atoms with Crippen molar-refractivity contribution in [2.75, 3.05) is 32.1 Å². The molecule has 1 fully saturated rings. The molecule has 6 nitrogen and oxygen atoms in total. The third-order valence-electron chi connectivity index (χ3n) is 3.57. The highest BCUT2D eigenvalue weighted by molar-refractivity contribution is 7.99. The van der Waals surface area contributed by atoms with Crippen LogP contribution in [0.25, 0.3) is 5.69 Å². The SMILES string of the molecule is Cc1nnc(SCC(=O)N2CCOCC2)n1-c1ccc(F)cc1. The van der Waals surface area contributed by atoms with Crippen LogP contribution in [0.3, 0.4) is 0 Å². The Morgan fingerprint density at radius 3 is 2.65 bits per heavy atom. The Balaban J connectivity index is 1.71. The number of thioether (sulfide) groups is 1. The molecule has 23 heavy (non-hydrogen) atoms. The van der Waals surface area contributed by atoms with Crippen LogP contribution >= 0.6 is 11.8 Å². The van der Waals surface area contributed by atoms with Crippen molar-refractivity contribution in [3.63, 3.8) is 0 Å². The summed E-state index contributed by atoms with van der Waals surface area (Å²) in [4.78, 5) is 14.0. The van der Waals surface area contributed by atoms with Crippen molar-refractivity contribution in [3.8, 4) is 5.69 Å². The van der Waals surface area contributed by atoms with Crippen molar-refractivity contribution in [1.82, 2.24) is 19.7 Å². The number of rotatable bonds is 4. The fraction of sp³-hybridized carbons (Fsp3) is 0.400. The predicted molar refractivity (Wildman–Crippen MR) is 84.2 cm³/mol. The Hall–Kier alpha value is -1.93. The maximum absolute atomic E-state index is 13.1. The van der Waals surface area contributed by atoms with Crippen molar-refractivity contribution >= 4 is 17.7 Å². The van der Waals surface area contributed by atoms with E-state index in [1.807, 2.05) is 11.5 Å². The third kappa shape index (κ3) is 3.70. The molecule has 1 aromatic heterocycles. The lowest BCUT2D eigenvalue weighted by Crippen LogP contribution is -2.41. The van der Waals surface area contributed by atoms with Gasteiger partial charge in [-0.3, -0.25) is 9.36 Å². The number of carbonyl (C=O) groups is 1. The molecular formula is C15H17FN4O2S. The van der Waals surface area contributed by atoms with Gasteiger partial charge in [-0.1, -0.05) is 11.8 Å². The van der Waals surface area contributed by atoms with Gasteiger partial charge in [-0.05, 0) is 31.2 Å². The molecule has 2 heterocycles. The molecule has 1 aliphatic heterocycles. The van der Waals surface area contributed by atoms with Gasteiger partial charge in [0.2, 0.25) is 5.91 Å². The van der Waals surface area contributed by atoms with Crippen molar-refractivity contribution in [3.05, 3.63) is 35.9 Å². The van der Waals surface area contributed by atoms with Gasteiger partial charge in [-0.2, -0.15) is 0 Å². The number of aromatic nitrogens is 3. The monoisotopic (exact) mass is 336 g/mol. The Bertz CT molecular complexity index is 683. The molecule has 0 radical (unpaired) electrons. The lowest BCUT2D eigenvalue weighted by atomic mass is 10.3. The minimum absolute atomic E-state index is 0.0598. The highest BCUT2D eigenvalue weighted by Crippen LogP contribution is 2.22. The average molecular weight is 336 g/mol. The maximum atomic E-state index is 13.1. The summed E-state index contributed by atoms with van der Waals surface area (Å²) in [6.45, 7) is 4.25. The van der Waals surface area contributed by atoms with Crippen LogP contribution in [0, 0.1) is 12.7 Å². The molecule has 0 aliphatic carbocycles.